The van der Waals surface area contributed by atoms with Crippen molar-refractivity contribution in [1.29, 1.82) is 0 Å². The van der Waals surface area contributed by atoms with E-state index in [0.717, 1.165) is 50.4 Å². The van der Waals surface area contributed by atoms with Gasteiger partial charge in [-0.3, -0.25) is 9.69 Å². The average molecular weight is 393 g/mol. The van der Waals surface area contributed by atoms with Crippen molar-refractivity contribution in [3.05, 3.63) is 65.8 Å². The molecule has 152 valence electrons. The maximum Gasteiger partial charge on any atom is 0.227 e. The summed E-state index contributed by atoms with van der Waals surface area (Å²) in [7, 11) is 0. The molecule has 1 aromatic carbocycles. The first-order valence-electron chi connectivity index (χ1n) is 10.2. The highest BCUT2D eigenvalue weighted by molar-refractivity contribution is 5.77. The number of benzene rings is 1. The number of aromatic nitrogens is 3. The number of para-hydroxylation sites is 1. The lowest BCUT2D eigenvalue weighted by atomic mass is 9.96. The Kier molecular flexibility index (Phi) is 6.05. The first-order valence-corrected chi connectivity index (χ1v) is 10.2. The summed E-state index contributed by atoms with van der Waals surface area (Å²) in [5.74, 6) is 1.14. The third-order valence-corrected chi connectivity index (χ3v) is 5.37. The van der Waals surface area contributed by atoms with Crippen molar-refractivity contribution in [2.45, 2.75) is 32.7 Å². The molecule has 1 saturated heterocycles. The highest BCUT2D eigenvalue weighted by atomic mass is 16.5. The van der Waals surface area contributed by atoms with Gasteiger partial charge in [-0.25, -0.2) is 4.68 Å². The maximum atomic E-state index is 12.1. The number of carbonyl (C=O) groups is 1. The molecule has 7 heteroatoms. The van der Waals surface area contributed by atoms with Crippen molar-refractivity contribution in [3.8, 4) is 5.69 Å². The van der Waals surface area contributed by atoms with Crippen molar-refractivity contribution in [3.63, 3.8) is 0 Å². The smallest absolute Gasteiger partial charge is 0.227 e. The molecule has 0 unspecified atom stereocenters. The molecule has 1 aliphatic heterocycles. The lowest BCUT2D eigenvalue weighted by molar-refractivity contribution is -0.121. The molecule has 3 aromatic rings. The van der Waals surface area contributed by atoms with E-state index in [1.54, 1.807) is 6.07 Å². The zero-order valence-corrected chi connectivity index (χ0v) is 16.8. The van der Waals surface area contributed by atoms with E-state index in [-0.39, 0.29) is 12.3 Å². The minimum absolute atomic E-state index is 0.00287. The van der Waals surface area contributed by atoms with E-state index >= 15 is 0 Å². The number of piperidine rings is 1. The quantitative estimate of drug-likeness (QED) is 0.668. The number of amides is 1. The summed E-state index contributed by atoms with van der Waals surface area (Å²) in [5.41, 5.74) is 3.10. The van der Waals surface area contributed by atoms with E-state index in [2.05, 4.69) is 38.8 Å². The Morgan fingerprint density at radius 1 is 1.24 bits per heavy atom. The SMILES string of the molecule is Cc1cc(CC(=O)NCC2CCN(Cc3cnn(-c4ccccc4)c3)CC2)on1. The second-order valence-electron chi connectivity index (χ2n) is 7.76. The molecule has 2 aromatic heterocycles. The number of aryl methyl sites for hydroxylation is 1. The maximum absolute atomic E-state index is 12.1. The standard InChI is InChI=1S/C22H27N5O2/c1-17-11-21(29-25-17)12-22(28)23-13-18-7-9-26(10-8-18)15-19-14-24-27(16-19)20-5-3-2-4-6-20/h2-6,11,14,16,18H,7-10,12-13,15H2,1H3,(H,23,28). The number of likely N-dealkylation sites (tertiary alicyclic amines) is 1. The number of rotatable bonds is 7. The number of nitrogens with one attached hydrogen (secondary N) is 1. The van der Waals surface area contributed by atoms with Crippen LogP contribution in [-0.2, 0) is 17.8 Å². The van der Waals surface area contributed by atoms with E-state index in [9.17, 15) is 4.79 Å². The molecule has 0 spiro atoms. The zero-order chi connectivity index (χ0) is 20.1. The first-order chi connectivity index (χ1) is 14.2. The van der Waals surface area contributed by atoms with Gasteiger partial charge in [-0.2, -0.15) is 5.10 Å². The van der Waals surface area contributed by atoms with Crippen LogP contribution in [0, 0.1) is 12.8 Å². The summed E-state index contributed by atoms with van der Waals surface area (Å²) >= 11 is 0. The summed E-state index contributed by atoms with van der Waals surface area (Å²) in [6.07, 6.45) is 6.49. The molecule has 0 saturated carbocycles. The van der Waals surface area contributed by atoms with Crippen LogP contribution < -0.4 is 5.32 Å². The highest BCUT2D eigenvalue weighted by Gasteiger charge is 2.20. The first kappa shape index (κ1) is 19.4. The molecule has 0 radical (unpaired) electrons. The molecule has 1 aliphatic rings. The van der Waals surface area contributed by atoms with Crippen LogP contribution in [0.15, 0.2) is 53.3 Å². The Morgan fingerprint density at radius 3 is 2.76 bits per heavy atom. The summed E-state index contributed by atoms with van der Waals surface area (Å²) in [4.78, 5) is 14.5. The van der Waals surface area contributed by atoms with E-state index in [1.165, 1.54) is 5.56 Å². The summed E-state index contributed by atoms with van der Waals surface area (Å²) < 4.78 is 7.03. The normalized spacial score (nSPS) is 15.5. The van der Waals surface area contributed by atoms with Crippen LogP contribution in [0.4, 0.5) is 0 Å². The summed E-state index contributed by atoms with van der Waals surface area (Å²) in [6.45, 7) is 5.57. The van der Waals surface area contributed by atoms with Crippen LogP contribution in [-0.4, -0.2) is 45.4 Å². The summed E-state index contributed by atoms with van der Waals surface area (Å²) in [6, 6.07) is 12.0. The fourth-order valence-corrected chi connectivity index (χ4v) is 3.75. The molecule has 29 heavy (non-hydrogen) atoms. The van der Waals surface area contributed by atoms with Gasteiger partial charge in [0, 0.05) is 30.9 Å². The predicted octanol–water partition coefficient (Wildman–Crippen LogP) is 2.74. The Labute approximate surface area is 170 Å². The molecule has 1 N–H and O–H groups in total. The van der Waals surface area contributed by atoms with Crippen LogP contribution in [0.5, 0.6) is 0 Å². The van der Waals surface area contributed by atoms with Crippen LogP contribution >= 0.6 is 0 Å². The second kappa shape index (κ2) is 9.05. The Bertz CT molecular complexity index is 926. The van der Waals surface area contributed by atoms with E-state index < -0.39 is 0 Å². The largest absolute Gasteiger partial charge is 0.361 e. The van der Waals surface area contributed by atoms with Gasteiger partial charge in [-0.1, -0.05) is 23.4 Å². The highest BCUT2D eigenvalue weighted by Crippen LogP contribution is 2.19. The fourth-order valence-electron chi connectivity index (χ4n) is 3.75. The Hall–Kier alpha value is -2.93. The molecule has 0 aliphatic carbocycles. The van der Waals surface area contributed by atoms with Gasteiger partial charge in [0.05, 0.1) is 24.0 Å². The van der Waals surface area contributed by atoms with Crippen LogP contribution in [0.2, 0.25) is 0 Å². The molecular weight excluding hydrogens is 366 g/mol. The second-order valence-corrected chi connectivity index (χ2v) is 7.76. The molecule has 1 fully saturated rings. The third-order valence-electron chi connectivity index (χ3n) is 5.37. The van der Waals surface area contributed by atoms with Gasteiger partial charge in [-0.05, 0) is 50.9 Å². The van der Waals surface area contributed by atoms with Gasteiger partial charge in [0.2, 0.25) is 5.91 Å². The van der Waals surface area contributed by atoms with E-state index in [0.29, 0.717) is 11.7 Å². The minimum Gasteiger partial charge on any atom is -0.361 e. The van der Waals surface area contributed by atoms with Gasteiger partial charge in [0.1, 0.15) is 5.76 Å². The van der Waals surface area contributed by atoms with Crippen molar-refractivity contribution in [1.82, 2.24) is 25.2 Å². The zero-order valence-electron chi connectivity index (χ0n) is 16.8. The van der Waals surface area contributed by atoms with Crippen molar-refractivity contribution >= 4 is 5.91 Å². The van der Waals surface area contributed by atoms with Crippen molar-refractivity contribution in [2.24, 2.45) is 5.92 Å². The minimum atomic E-state index is -0.00287. The molecular formula is C22H27N5O2. The van der Waals surface area contributed by atoms with Gasteiger partial charge < -0.3 is 9.84 Å². The van der Waals surface area contributed by atoms with Crippen molar-refractivity contribution in [2.75, 3.05) is 19.6 Å². The van der Waals surface area contributed by atoms with Crippen LogP contribution in [0.3, 0.4) is 0 Å². The Balaban J connectivity index is 1.19. The number of hydrogen-bond acceptors (Lipinski definition) is 5. The average Bonchev–Trinajstić information content (AvgIpc) is 3.37. The summed E-state index contributed by atoms with van der Waals surface area (Å²) in [5, 5.41) is 11.3. The Morgan fingerprint density at radius 2 is 2.03 bits per heavy atom. The lowest BCUT2D eigenvalue weighted by Gasteiger charge is -2.31. The topological polar surface area (TPSA) is 76.2 Å². The van der Waals surface area contributed by atoms with E-state index in [4.69, 9.17) is 4.52 Å². The predicted molar refractivity (Wildman–Crippen MR) is 110 cm³/mol. The van der Waals surface area contributed by atoms with Crippen LogP contribution in [0.25, 0.3) is 5.69 Å². The monoisotopic (exact) mass is 393 g/mol. The van der Waals surface area contributed by atoms with E-state index in [1.807, 2.05) is 36.0 Å². The van der Waals surface area contributed by atoms with Gasteiger partial charge in [0.25, 0.3) is 0 Å². The molecule has 4 rings (SSSR count). The third kappa shape index (κ3) is 5.32. The van der Waals surface area contributed by atoms with Crippen LogP contribution in [0.1, 0.15) is 29.9 Å². The molecule has 0 bridgehead atoms. The molecule has 7 nitrogen and oxygen atoms in total. The van der Waals surface area contributed by atoms with Crippen molar-refractivity contribution < 1.29 is 9.32 Å². The van der Waals surface area contributed by atoms with Gasteiger partial charge >= 0.3 is 0 Å². The number of carbonyl (C=O) groups excluding carboxylic acids is 1. The van der Waals surface area contributed by atoms with Gasteiger partial charge in [-0.15, -0.1) is 0 Å². The number of nitrogens with zero attached hydrogens (tertiary/aromatic N) is 4. The number of hydrogen-bond donors (Lipinski definition) is 1. The van der Waals surface area contributed by atoms with Gasteiger partial charge in [0.15, 0.2) is 0 Å². The molecule has 0 atom stereocenters. The molecule has 1 amide bonds. The fraction of sp³-hybridized carbons (Fsp3) is 0.409. The molecule has 3 heterocycles. The lowest BCUT2D eigenvalue weighted by Crippen LogP contribution is -2.38.